The average Bonchev–Trinajstić information content (AvgIpc) is 2.76. The van der Waals surface area contributed by atoms with Gasteiger partial charge in [-0.05, 0) is 37.5 Å². The summed E-state index contributed by atoms with van der Waals surface area (Å²) in [5.74, 6) is 0. The Balaban J connectivity index is 1.79. The summed E-state index contributed by atoms with van der Waals surface area (Å²) >= 11 is 0. The van der Waals surface area contributed by atoms with Crippen molar-refractivity contribution in [1.29, 1.82) is 0 Å². The minimum absolute atomic E-state index is 0.441. The van der Waals surface area contributed by atoms with Crippen LogP contribution < -0.4 is 4.90 Å². The van der Waals surface area contributed by atoms with Crippen LogP contribution >= 0.6 is 0 Å². The normalized spacial score (nSPS) is 18.9. The third-order valence-corrected chi connectivity index (χ3v) is 4.18. The topological polar surface area (TPSA) is 23.5 Å². The van der Waals surface area contributed by atoms with Crippen LogP contribution in [-0.2, 0) is 6.42 Å². The molecule has 0 radical (unpaired) electrons. The van der Waals surface area contributed by atoms with Crippen molar-refractivity contribution in [2.45, 2.75) is 32.4 Å². The molecule has 1 heterocycles. The van der Waals surface area contributed by atoms with Gasteiger partial charge in [0.1, 0.15) is 0 Å². The number of aryl methyl sites for hydroxylation is 1. The van der Waals surface area contributed by atoms with Crippen LogP contribution in [0.5, 0.6) is 0 Å². The van der Waals surface area contributed by atoms with Crippen LogP contribution in [0.2, 0.25) is 0 Å². The Bertz CT molecular complexity index is 591. The van der Waals surface area contributed by atoms with Gasteiger partial charge in [-0.25, -0.2) is 0 Å². The van der Waals surface area contributed by atoms with E-state index in [0.29, 0.717) is 12.6 Å². The summed E-state index contributed by atoms with van der Waals surface area (Å²) in [5.41, 5.74) is 4.87. The Morgan fingerprint density at radius 1 is 1.15 bits per heavy atom. The summed E-state index contributed by atoms with van der Waals surface area (Å²) in [4.78, 5) is 2.32. The van der Waals surface area contributed by atoms with Crippen LogP contribution in [0.15, 0.2) is 48.5 Å². The van der Waals surface area contributed by atoms with Gasteiger partial charge in [0.05, 0.1) is 6.10 Å². The Morgan fingerprint density at radius 2 is 1.85 bits per heavy atom. The van der Waals surface area contributed by atoms with Crippen molar-refractivity contribution in [3.05, 3.63) is 65.2 Å². The lowest BCUT2D eigenvalue weighted by Crippen LogP contribution is -2.33. The first kappa shape index (κ1) is 13.2. The molecular weight excluding hydrogens is 246 g/mol. The number of β-amino-alcohol motifs (C(OH)–C–C–N with tert-alkyl or cyclic N) is 1. The molecule has 2 unspecified atom stereocenters. The minimum atomic E-state index is -0.441. The Hall–Kier alpha value is -1.80. The van der Waals surface area contributed by atoms with Crippen molar-refractivity contribution in [2.24, 2.45) is 0 Å². The van der Waals surface area contributed by atoms with Gasteiger partial charge in [-0.15, -0.1) is 0 Å². The van der Waals surface area contributed by atoms with Gasteiger partial charge in [0.2, 0.25) is 0 Å². The predicted molar refractivity (Wildman–Crippen MR) is 83.1 cm³/mol. The summed E-state index contributed by atoms with van der Waals surface area (Å²) < 4.78 is 0. The summed E-state index contributed by atoms with van der Waals surface area (Å²) in [5, 5.41) is 10.5. The maximum Gasteiger partial charge on any atom is 0.0964 e. The van der Waals surface area contributed by atoms with Gasteiger partial charge in [-0.1, -0.05) is 48.0 Å². The van der Waals surface area contributed by atoms with Crippen LogP contribution in [0.4, 0.5) is 5.69 Å². The van der Waals surface area contributed by atoms with Gasteiger partial charge >= 0.3 is 0 Å². The quantitative estimate of drug-likeness (QED) is 0.920. The largest absolute Gasteiger partial charge is 0.387 e. The third-order valence-electron chi connectivity index (χ3n) is 4.18. The molecule has 1 aliphatic rings. The number of nitrogens with zero attached hydrogens (tertiary/aromatic N) is 1. The van der Waals surface area contributed by atoms with E-state index in [9.17, 15) is 5.11 Å². The van der Waals surface area contributed by atoms with E-state index in [1.54, 1.807) is 0 Å². The number of hydrogen-bond acceptors (Lipinski definition) is 2. The first-order valence-corrected chi connectivity index (χ1v) is 7.24. The zero-order valence-electron chi connectivity index (χ0n) is 12.1. The van der Waals surface area contributed by atoms with Gasteiger partial charge in [-0.3, -0.25) is 0 Å². The molecule has 3 rings (SSSR count). The van der Waals surface area contributed by atoms with Crippen molar-refractivity contribution in [1.82, 2.24) is 0 Å². The smallest absolute Gasteiger partial charge is 0.0964 e. The molecule has 0 spiro atoms. The fourth-order valence-electron chi connectivity index (χ4n) is 2.99. The SMILES string of the molecule is Cc1ccc(C(O)CN2c3ccccc3CC2C)cc1. The molecule has 2 aromatic carbocycles. The zero-order valence-corrected chi connectivity index (χ0v) is 12.1. The molecule has 0 amide bonds. The average molecular weight is 267 g/mol. The van der Waals surface area contributed by atoms with E-state index in [1.165, 1.54) is 16.8 Å². The highest BCUT2D eigenvalue weighted by Crippen LogP contribution is 2.33. The van der Waals surface area contributed by atoms with Crippen LogP contribution in [0.3, 0.4) is 0 Å². The molecule has 2 aromatic rings. The van der Waals surface area contributed by atoms with Crippen molar-refractivity contribution >= 4 is 5.69 Å². The first-order valence-electron chi connectivity index (χ1n) is 7.24. The summed E-state index contributed by atoms with van der Waals surface area (Å²) in [7, 11) is 0. The molecule has 2 atom stereocenters. The number of rotatable bonds is 3. The lowest BCUT2D eigenvalue weighted by Gasteiger charge is -2.27. The number of fused-ring (bicyclic) bond motifs is 1. The summed E-state index contributed by atoms with van der Waals surface area (Å²) in [6, 6.07) is 17.1. The molecule has 0 saturated carbocycles. The fourth-order valence-corrected chi connectivity index (χ4v) is 2.99. The molecule has 0 saturated heterocycles. The highest BCUT2D eigenvalue weighted by molar-refractivity contribution is 5.59. The summed E-state index contributed by atoms with van der Waals surface area (Å²) in [6.07, 6.45) is 0.626. The van der Waals surface area contributed by atoms with Crippen molar-refractivity contribution in [3.8, 4) is 0 Å². The first-order chi connectivity index (χ1) is 9.65. The number of anilines is 1. The highest BCUT2D eigenvalue weighted by atomic mass is 16.3. The molecule has 104 valence electrons. The number of para-hydroxylation sites is 1. The van der Waals surface area contributed by atoms with Gasteiger partial charge in [-0.2, -0.15) is 0 Å². The fraction of sp³-hybridized carbons (Fsp3) is 0.333. The van der Waals surface area contributed by atoms with E-state index in [0.717, 1.165) is 12.0 Å². The van der Waals surface area contributed by atoms with Gasteiger partial charge in [0, 0.05) is 18.3 Å². The van der Waals surface area contributed by atoms with Crippen LogP contribution in [0.1, 0.15) is 29.7 Å². The van der Waals surface area contributed by atoms with Crippen LogP contribution in [0.25, 0.3) is 0 Å². The Morgan fingerprint density at radius 3 is 2.60 bits per heavy atom. The van der Waals surface area contributed by atoms with Crippen molar-refractivity contribution in [3.63, 3.8) is 0 Å². The second-order valence-corrected chi connectivity index (χ2v) is 5.76. The van der Waals surface area contributed by atoms with E-state index in [4.69, 9.17) is 0 Å². The van der Waals surface area contributed by atoms with Crippen molar-refractivity contribution < 1.29 is 5.11 Å². The van der Waals surface area contributed by atoms with E-state index >= 15 is 0 Å². The highest BCUT2D eigenvalue weighted by Gasteiger charge is 2.27. The third kappa shape index (κ3) is 2.44. The van der Waals surface area contributed by atoms with Gasteiger partial charge < -0.3 is 10.0 Å². The van der Waals surface area contributed by atoms with Gasteiger partial charge in [0.25, 0.3) is 0 Å². The molecule has 20 heavy (non-hydrogen) atoms. The second-order valence-electron chi connectivity index (χ2n) is 5.76. The van der Waals surface area contributed by atoms with E-state index in [1.807, 2.05) is 12.1 Å². The molecule has 1 aliphatic heterocycles. The van der Waals surface area contributed by atoms with E-state index in [2.05, 4.69) is 55.1 Å². The second kappa shape index (κ2) is 5.29. The predicted octanol–water partition coefficient (Wildman–Crippen LogP) is 3.48. The van der Waals surface area contributed by atoms with Crippen molar-refractivity contribution in [2.75, 3.05) is 11.4 Å². The molecule has 1 N–H and O–H groups in total. The Kier molecular flexibility index (Phi) is 3.49. The Labute approximate surface area is 120 Å². The maximum atomic E-state index is 10.5. The monoisotopic (exact) mass is 267 g/mol. The standard InChI is InChI=1S/C18H21NO/c1-13-7-9-15(10-8-13)18(20)12-19-14(2)11-16-5-3-4-6-17(16)19/h3-10,14,18,20H,11-12H2,1-2H3. The molecule has 0 aliphatic carbocycles. The molecule has 2 heteroatoms. The number of benzene rings is 2. The maximum absolute atomic E-state index is 10.5. The van der Waals surface area contributed by atoms with Crippen LogP contribution in [0, 0.1) is 6.92 Å². The van der Waals surface area contributed by atoms with Crippen LogP contribution in [-0.4, -0.2) is 17.7 Å². The number of aliphatic hydroxyl groups excluding tert-OH is 1. The lowest BCUT2D eigenvalue weighted by molar-refractivity contribution is 0.181. The van der Waals surface area contributed by atoms with Gasteiger partial charge in [0.15, 0.2) is 0 Å². The summed E-state index contributed by atoms with van der Waals surface area (Å²) in [6.45, 7) is 4.94. The number of hydrogen-bond donors (Lipinski definition) is 1. The number of aliphatic hydroxyl groups is 1. The van der Waals surface area contributed by atoms with E-state index < -0.39 is 6.10 Å². The molecular formula is C18H21NO. The molecule has 0 bridgehead atoms. The molecule has 2 nitrogen and oxygen atoms in total. The lowest BCUT2D eigenvalue weighted by atomic mass is 10.1. The zero-order chi connectivity index (χ0) is 14.1. The minimum Gasteiger partial charge on any atom is -0.387 e. The van der Waals surface area contributed by atoms with E-state index in [-0.39, 0.29) is 0 Å². The molecule has 0 fully saturated rings. The molecule has 0 aromatic heterocycles.